The Labute approximate surface area is 95.5 Å². The molecule has 0 radical (unpaired) electrons. The van der Waals surface area contributed by atoms with Gasteiger partial charge in [0, 0.05) is 13.1 Å². The fraction of sp³-hybridized carbons (Fsp3) is 0.667. The average Bonchev–Trinajstić information content (AvgIpc) is 2.69. The Morgan fingerprint density at radius 3 is 2.50 bits per heavy atom. The number of hydrogen-bond acceptors (Lipinski definition) is 4. The molecule has 16 heavy (non-hydrogen) atoms. The molecule has 0 spiro atoms. The lowest BCUT2D eigenvalue weighted by atomic mass is 9.94. The molecule has 1 aromatic rings. The maximum atomic E-state index is 9.82. The molecule has 1 aromatic heterocycles. The van der Waals surface area contributed by atoms with E-state index in [2.05, 4.69) is 4.90 Å². The second-order valence-electron chi connectivity index (χ2n) is 4.80. The Bertz CT molecular complexity index is 336. The first-order valence-corrected chi connectivity index (χ1v) is 5.72. The minimum Gasteiger partial charge on any atom is -0.462 e. The highest BCUT2D eigenvalue weighted by Crippen LogP contribution is 2.22. The highest BCUT2D eigenvalue weighted by molar-refractivity contribution is 5.06. The molecule has 2 rings (SSSR count). The number of piperidine rings is 1. The van der Waals surface area contributed by atoms with Crippen molar-refractivity contribution in [2.45, 2.75) is 38.5 Å². The third-order valence-corrected chi connectivity index (χ3v) is 3.19. The van der Waals surface area contributed by atoms with Gasteiger partial charge in [0.25, 0.3) is 0 Å². The Balaban J connectivity index is 1.87. The molecular formula is C12H19NO3. The fourth-order valence-corrected chi connectivity index (χ4v) is 2.01. The first kappa shape index (κ1) is 11.6. The lowest BCUT2D eigenvalue weighted by molar-refractivity contribution is -0.00883. The molecule has 2 heterocycles. The predicted molar refractivity (Wildman–Crippen MR) is 59.8 cm³/mol. The molecule has 2 N–H and O–H groups in total. The topological polar surface area (TPSA) is 56.8 Å². The van der Waals surface area contributed by atoms with Crippen molar-refractivity contribution in [1.82, 2.24) is 4.90 Å². The number of aliphatic hydroxyl groups is 2. The van der Waals surface area contributed by atoms with Crippen LogP contribution in [0.1, 0.15) is 31.3 Å². The summed E-state index contributed by atoms with van der Waals surface area (Å²) in [6.07, 6.45) is 1.61. The van der Waals surface area contributed by atoms with E-state index in [0.29, 0.717) is 5.76 Å². The maximum Gasteiger partial charge on any atom is 0.129 e. The molecule has 1 saturated heterocycles. The molecule has 0 aromatic carbocycles. The summed E-state index contributed by atoms with van der Waals surface area (Å²) in [5.41, 5.74) is -0.504. The number of likely N-dealkylation sites (tertiary alicyclic amines) is 1. The summed E-state index contributed by atoms with van der Waals surface area (Å²) in [4.78, 5) is 2.26. The van der Waals surface area contributed by atoms with Crippen LogP contribution in [0.2, 0.25) is 0 Å². The van der Waals surface area contributed by atoms with Crippen LogP contribution in [0.15, 0.2) is 16.5 Å². The van der Waals surface area contributed by atoms with E-state index in [1.165, 1.54) is 0 Å². The molecule has 0 aliphatic carbocycles. The predicted octanol–water partition coefficient (Wildman–Crippen LogP) is 1.12. The molecule has 1 fully saturated rings. The van der Waals surface area contributed by atoms with E-state index in [1.54, 1.807) is 6.07 Å². The van der Waals surface area contributed by atoms with Crippen LogP contribution < -0.4 is 0 Å². The van der Waals surface area contributed by atoms with Crippen LogP contribution in [0.4, 0.5) is 0 Å². The van der Waals surface area contributed by atoms with Gasteiger partial charge in [-0.2, -0.15) is 0 Å². The van der Waals surface area contributed by atoms with Gasteiger partial charge in [0.05, 0.1) is 12.1 Å². The first-order chi connectivity index (χ1) is 7.59. The normalized spacial score (nSPS) is 21.2. The minimum atomic E-state index is -0.504. The summed E-state index contributed by atoms with van der Waals surface area (Å²) in [6.45, 7) is 4.39. The summed E-state index contributed by atoms with van der Waals surface area (Å²) >= 11 is 0. The van der Waals surface area contributed by atoms with Gasteiger partial charge in [-0.15, -0.1) is 0 Å². The third kappa shape index (κ3) is 2.84. The summed E-state index contributed by atoms with van der Waals surface area (Å²) in [5, 5.41) is 18.7. The Hall–Kier alpha value is -0.840. The van der Waals surface area contributed by atoms with Crippen molar-refractivity contribution in [3.63, 3.8) is 0 Å². The highest BCUT2D eigenvalue weighted by Gasteiger charge is 2.27. The summed E-state index contributed by atoms with van der Waals surface area (Å²) in [7, 11) is 0. The van der Waals surface area contributed by atoms with Crippen LogP contribution in [-0.4, -0.2) is 33.8 Å². The van der Waals surface area contributed by atoms with Crippen molar-refractivity contribution in [2.24, 2.45) is 0 Å². The third-order valence-electron chi connectivity index (χ3n) is 3.19. The monoisotopic (exact) mass is 225 g/mol. The summed E-state index contributed by atoms with van der Waals surface area (Å²) in [5.74, 6) is 1.49. The molecule has 1 aliphatic heterocycles. The van der Waals surface area contributed by atoms with Gasteiger partial charge in [-0.25, -0.2) is 0 Å². The van der Waals surface area contributed by atoms with Gasteiger partial charge in [-0.3, -0.25) is 4.90 Å². The van der Waals surface area contributed by atoms with E-state index in [0.717, 1.165) is 38.2 Å². The van der Waals surface area contributed by atoms with Crippen molar-refractivity contribution in [3.05, 3.63) is 23.7 Å². The van der Waals surface area contributed by atoms with E-state index in [1.807, 2.05) is 13.0 Å². The van der Waals surface area contributed by atoms with Gasteiger partial charge in [-0.05, 0) is 31.9 Å². The molecule has 1 aliphatic rings. The molecule has 4 nitrogen and oxygen atoms in total. The van der Waals surface area contributed by atoms with Crippen LogP contribution in [0, 0.1) is 0 Å². The van der Waals surface area contributed by atoms with E-state index >= 15 is 0 Å². The molecule has 0 atom stereocenters. The minimum absolute atomic E-state index is 0.0469. The molecule has 0 saturated carbocycles. The van der Waals surface area contributed by atoms with E-state index < -0.39 is 5.60 Å². The SMILES string of the molecule is CC1(O)CCN(Cc2ccc(CO)o2)CC1. The van der Waals surface area contributed by atoms with E-state index in [9.17, 15) is 5.11 Å². The Morgan fingerprint density at radius 1 is 1.31 bits per heavy atom. The number of aliphatic hydroxyl groups excluding tert-OH is 1. The highest BCUT2D eigenvalue weighted by atomic mass is 16.4. The second-order valence-corrected chi connectivity index (χ2v) is 4.80. The quantitative estimate of drug-likeness (QED) is 0.809. The average molecular weight is 225 g/mol. The van der Waals surface area contributed by atoms with Crippen molar-refractivity contribution < 1.29 is 14.6 Å². The number of nitrogens with zero attached hydrogens (tertiary/aromatic N) is 1. The van der Waals surface area contributed by atoms with Gasteiger partial charge in [0.1, 0.15) is 18.1 Å². The van der Waals surface area contributed by atoms with Crippen LogP contribution in [0.3, 0.4) is 0 Å². The smallest absolute Gasteiger partial charge is 0.129 e. The number of furan rings is 1. The van der Waals surface area contributed by atoms with Crippen molar-refractivity contribution >= 4 is 0 Å². The van der Waals surface area contributed by atoms with E-state index in [4.69, 9.17) is 9.52 Å². The van der Waals surface area contributed by atoms with Gasteiger partial charge in [0.2, 0.25) is 0 Å². The summed E-state index contributed by atoms with van der Waals surface area (Å²) in [6, 6.07) is 3.70. The Kier molecular flexibility index (Phi) is 3.33. The van der Waals surface area contributed by atoms with Gasteiger partial charge in [-0.1, -0.05) is 0 Å². The van der Waals surface area contributed by atoms with Crippen molar-refractivity contribution in [3.8, 4) is 0 Å². The maximum absolute atomic E-state index is 9.82. The standard InChI is InChI=1S/C12H19NO3/c1-12(15)4-6-13(7-5-12)8-10-2-3-11(9-14)16-10/h2-3,14-15H,4-9H2,1H3. The van der Waals surface area contributed by atoms with Crippen LogP contribution in [0.25, 0.3) is 0 Å². The van der Waals surface area contributed by atoms with Crippen molar-refractivity contribution in [2.75, 3.05) is 13.1 Å². The molecule has 90 valence electrons. The van der Waals surface area contributed by atoms with Crippen LogP contribution in [0.5, 0.6) is 0 Å². The van der Waals surface area contributed by atoms with Gasteiger partial charge in [0.15, 0.2) is 0 Å². The van der Waals surface area contributed by atoms with E-state index in [-0.39, 0.29) is 6.61 Å². The molecular weight excluding hydrogens is 206 g/mol. The molecule has 4 heteroatoms. The molecule has 0 amide bonds. The first-order valence-electron chi connectivity index (χ1n) is 5.72. The zero-order valence-corrected chi connectivity index (χ0v) is 9.65. The van der Waals surface area contributed by atoms with Gasteiger partial charge < -0.3 is 14.6 Å². The zero-order chi connectivity index (χ0) is 11.6. The largest absolute Gasteiger partial charge is 0.462 e. The zero-order valence-electron chi connectivity index (χ0n) is 9.65. The Morgan fingerprint density at radius 2 is 1.94 bits per heavy atom. The lowest BCUT2D eigenvalue weighted by Gasteiger charge is -2.35. The molecule has 0 bridgehead atoms. The molecule has 0 unspecified atom stereocenters. The number of hydrogen-bond donors (Lipinski definition) is 2. The van der Waals surface area contributed by atoms with Crippen LogP contribution >= 0.6 is 0 Å². The van der Waals surface area contributed by atoms with Crippen LogP contribution in [-0.2, 0) is 13.2 Å². The summed E-state index contributed by atoms with van der Waals surface area (Å²) < 4.78 is 5.43. The number of rotatable bonds is 3. The second kappa shape index (κ2) is 4.57. The van der Waals surface area contributed by atoms with Crippen molar-refractivity contribution in [1.29, 1.82) is 0 Å². The fourth-order valence-electron chi connectivity index (χ4n) is 2.01. The lowest BCUT2D eigenvalue weighted by Crippen LogP contribution is -2.41. The van der Waals surface area contributed by atoms with Gasteiger partial charge >= 0.3 is 0 Å².